The predicted molar refractivity (Wildman–Crippen MR) is 50.1 cm³/mol. The average Bonchev–Trinajstić information content (AvgIpc) is 2.45. The fourth-order valence-electron chi connectivity index (χ4n) is 0.795. The summed E-state index contributed by atoms with van der Waals surface area (Å²) < 4.78 is 4.88. The van der Waals surface area contributed by atoms with Crippen LogP contribution in [0, 0.1) is 0 Å². The van der Waals surface area contributed by atoms with Gasteiger partial charge in [-0.25, -0.2) is 4.98 Å². The van der Waals surface area contributed by atoms with E-state index in [0.717, 1.165) is 25.4 Å². The Kier molecular flexibility index (Phi) is 3.99. The summed E-state index contributed by atoms with van der Waals surface area (Å²) in [4.78, 5) is 4.10. The van der Waals surface area contributed by atoms with Crippen LogP contribution < -0.4 is 11.1 Å². The molecule has 0 aliphatic rings. The Morgan fingerprint density at radius 3 is 3.17 bits per heavy atom. The number of aromatic nitrogens is 1. The lowest BCUT2D eigenvalue weighted by Gasteiger charge is -1.99. The van der Waals surface area contributed by atoms with Crippen LogP contribution in [0.15, 0.2) is 5.38 Å². The summed E-state index contributed by atoms with van der Waals surface area (Å²) in [6.07, 6.45) is 0. The molecule has 1 heterocycles. The van der Waals surface area contributed by atoms with E-state index in [1.54, 1.807) is 7.11 Å². The molecule has 12 heavy (non-hydrogen) atoms. The third-order valence-electron chi connectivity index (χ3n) is 1.36. The molecule has 1 rings (SSSR count). The van der Waals surface area contributed by atoms with Crippen molar-refractivity contribution in [3.63, 3.8) is 0 Å². The second-order valence-corrected chi connectivity index (χ2v) is 3.24. The standard InChI is InChI=1S/C7H13N3OS/c1-11-3-2-9-4-6-5-12-7(8)10-6/h5,9H,2-4H2,1H3,(H2,8,10). The van der Waals surface area contributed by atoms with Gasteiger partial charge in [0.15, 0.2) is 5.13 Å². The van der Waals surface area contributed by atoms with Crippen molar-refractivity contribution in [3.05, 3.63) is 11.1 Å². The molecule has 1 aromatic rings. The van der Waals surface area contributed by atoms with E-state index in [2.05, 4.69) is 10.3 Å². The molecule has 0 fully saturated rings. The number of nitrogens with zero attached hydrogens (tertiary/aromatic N) is 1. The Bertz CT molecular complexity index is 226. The smallest absolute Gasteiger partial charge is 0.180 e. The minimum Gasteiger partial charge on any atom is -0.383 e. The number of hydrogen-bond acceptors (Lipinski definition) is 5. The van der Waals surface area contributed by atoms with Crippen molar-refractivity contribution >= 4 is 16.5 Å². The number of rotatable bonds is 5. The second-order valence-electron chi connectivity index (χ2n) is 2.35. The molecule has 4 nitrogen and oxygen atoms in total. The van der Waals surface area contributed by atoms with E-state index < -0.39 is 0 Å². The van der Waals surface area contributed by atoms with Gasteiger partial charge in [0, 0.05) is 25.6 Å². The van der Waals surface area contributed by atoms with Crippen LogP contribution in [0.3, 0.4) is 0 Å². The Balaban J connectivity index is 2.15. The van der Waals surface area contributed by atoms with Crippen molar-refractivity contribution in [3.8, 4) is 0 Å². The third kappa shape index (κ3) is 3.17. The lowest BCUT2D eigenvalue weighted by molar-refractivity contribution is 0.199. The Morgan fingerprint density at radius 1 is 1.75 bits per heavy atom. The highest BCUT2D eigenvalue weighted by Gasteiger charge is 1.96. The fourth-order valence-corrected chi connectivity index (χ4v) is 1.36. The van der Waals surface area contributed by atoms with Crippen molar-refractivity contribution < 1.29 is 4.74 Å². The van der Waals surface area contributed by atoms with E-state index in [0.29, 0.717) is 5.13 Å². The summed E-state index contributed by atoms with van der Waals surface area (Å²) in [7, 11) is 1.68. The largest absolute Gasteiger partial charge is 0.383 e. The molecule has 0 bridgehead atoms. The van der Waals surface area contributed by atoms with Gasteiger partial charge < -0.3 is 15.8 Å². The quantitative estimate of drug-likeness (QED) is 0.657. The van der Waals surface area contributed by atoms with E-state index in [4.69, 9.17) is 10.5 Å². The number of methoxy groups -OCH3 is 1. The Morgan fingerprint density at radius 2 is 2.58 bits per heavy atom. The van der Waals surface area contributed by atoms with Crippen LogP contribution in [-0.4, -0.2) is 25.2 Å². The van der Waals surface area contributed by atoms with Crippen molar-refractivity contribution in [2.45, 2.75) is 6.54 Å². The van der Waals surface area contributed by atoms with Gasteiger partial charge in [0.25, 0.3) is 0 Å². The SMILES string of the molecule is COCCNCc1csc(N)n1. The fraction of sp³-hybridized carbons (Fsp3) is 0.571. The number of anilines is 1. The van der Waals surface area contributed by atoms with Gasteiger partial charge in [0.05, 0.1) is 12.3 Å². The van der Waals surface area contributed by atoms with Gasteiger partial charge in [0.1, 0.15) is 0 Å². The summed E-state index contributed by atoms with van der Waals surface area (Å²) >= 11 is 1.46. The number of nitrogens with one attached hydrogen (secondary N) is 1. The van der Waals surface area contributed by atoms with Gasteiger partial charge in [-0.05, 0) is 0 Å². The average molecular weight is 187 g/mol. The van der Waals surface area contributed by atoms with E-state index in [-0.39, 0.29) is 0 Å². The summed E-state index contributed by atoms with van der Waals surface area (Å²) in [5.41, 5.74) is 6.46. The maximum atomic E-state index is 5.46. The first-order valence-corrected chi connectivity index (χ1v) is 4.60. The Labute approximate surface area is 75.8 Å². The molecule has 0 aromatic carbocycles. The number of hydrogen-bond donors (Lipinski definition) is 2. The van der Waals surface area contributed by atoms with Crippen molar-refractivity contribution in [1.29, 1.82) is 0 Å². The zero-order valence-electron chi connectivity index (χ0n) is 7.04. The minimum absolute atomic E-state index is 0.624. The van der Waals surface area contributed by atoms with Crippen LogP contribution in [0.2, 0.25) is 0 Å². The van der Waals surface area contributed by atoms with Gasteiger partial charge in [-0.3, -0.25) is 0 Å². The maximum absolute atomic E-state index is 5.46. The first kappa shape index (κ1) is 9.44. The van der Waals surface area contributed by atoms with Crippen molar-refractivity contribution in [2.24, 2.45) is 0 Å². The molecule has 68 valence electrons. The van der Waals surface area contributed by atoms with E-state index >= 15 is 0 Å². The summed E-state index contributed by atoms with van der Waals surface area (Å²) in [6.45, 7) is 2.32. The molecular weight excluding hydrogens is 174 g/mol. The molecule has 0 spiro atoms. The zero-order chi connectivity index (χ0) is 8.81. The summed E-state index contributed by atoms with van der Waals surface area (Å²) in [6, 6.07) is 0. The molecule has 3 N–H and O–H groups in total. The number of nitrogen functional groups attached to an aromatic ring is 1. The normalized spacial score (nSPS) is 10.4. The molecule has 0 radical (unpaired) electrons. The van der Waals surface area contributed by atoms with Gasteiger partial charge in [-0.2, -0.15) is 0 Å². The lowest BCUT2D eigenvalue weighted by atomic mass is 10.5. The first-order chi connectivity index (χ1) is 5.83. The molecule has 0 amide bonds. The van der Waals surface area contributed by atoms with Crippen molar-refractivity contribution in [1.82, 2.24) is 10.3 Å². The molecule has 5 heteroatoms. The molecule has 0 aliphatic carbocycles. The first-order valence-electron chi connectivity index (χ1n) is 3.72. The Hall–Kier alpha value is -0.650. The van der Waals surface area contributed by atoms with Crippen LogP contribution >= 0.6 is 11.3 Å². The molecule has 0 unspecified atom stereocenters. The lowest BCUT2D eigenvalue weighted by Crippen LogP contribution is -2.18. The highest BCUT2D eigenvalue weighted by Crippen LogP contribution is 2.09. The van der Waals surface area contributed by atoms with Gasteiger partial charge >= 0.3 is 0 Å². The van der Waals surface area contributed by atoms with Crippen LogP contribution in [0.4, 0.5) is 5.13 Å². The van der Waals surface area contributed by atoms with Crippen LogP contribution in [0.1, 0.15) is 5.69 Å². The van der Waals surface area contributed by atoms with Crippen LogP contribution in [0.25, 0.3) is 0 Å². The van der Waals surface area contributed by atoms with E-state index in [9.17, 15) is 0 Å². The second kappa shape index (κ2) is 5.08. The molecule has 0 aliphatic heterocycles. The molecular formula is C7H13N3OS. The topological polar surface area (TPSA) is 60.2 Å². The number of nitrogens with two attached hydrogens (primary N) is 1. The highest BCUT2D eigenvalue weighted by atomic mass is 32.1. The minimum atomic E-state index is 0.624. The van der Waals surface area contributed by atoms with E-state index in [1.165, 1.54) is 11.3 Å². The van der Waals surface area contributed by atoms with Crippen LogP contribution in [0.5, 0.6) is 0 Å². The van der Waals surface area contributed by atoms with Crippen molar-refractivity contribution in [2.75, 3.05) is 26.0 Å². The molecule has 0 saturated carbocycles. The highest BCUT2D eigenvalue weighted by molar-refractivity contribution is 7.13. The summed E-state index contributed by atoms with van der Waals surface area (Å²) in [5.74, 6) is 0. The summed E-state index contributed by atoms with van der Waals surface area (Å²) in [5, 5.41) is 5.76. The molecule has 0 saturated heterocycles. The monoisotopic (exact) mass is 187 g/mol. The van der Waals surface area contributed by atoms with E-state index in [1.807, 2.05) is 5.38 Å². The molecule has 1 aromatic heterocycles. The predicted octanol–water partition coefficient (Wildman–Crippen LogP) is 0.461. The third-order valence-corrected chi connectivity index (χ3v) is 2.08. The number of thiazole rings is 1. The van der Waals surface area contributed by atoms with Gasteiger partial charge in [-0.15, -0.1) is 11.3 Å². The number of ether oxygens (including phenoxy) is 1. The van der Waals surface area contributed by atoms with Gasteiger partial charge in [0.2, 0.25) is 0 Å². The zero-order valence-corrected chi connectivity index (χ0v) is 7.86. The maximum Gasteiger partial charge on any atom is 0.180 e. The van der Waals surface area contributed by atoms with Gasteiger partial charge in [-0.1, -0.05) is 0 Å². The van der Waals surface area contributed by atoms with Crippen LogP contribution in [-0.2, 0) is 11.3 Å². The molecule has 0 atom stereocenters.